The van der Waals surface area contributed by atoms with Crippen molar-refractivity contribution in [3.05, 3.63) is 52.0 Å². The number of rotatable bonds is 8. The zero-order chi connectivity index (χ0) is 17.4. The lowest BCUT2D eigenvalue weighted by Gasteiger charge is -2.19. The number of aromatic nitrogens is 1. The van der Waals surface area contributed by atoms with Gasteiger partial charge in [0.25, 0.3) is 0 Å². The molecular weight excluding hydrogens is 322 g/mol. The fraction of sp³-hybridized carbons (Fsp3) is 0.444. The normalized spacial score (nSPS) is 13.3. The van der Waals surface area contributed by atoms with Gasteiger partial charge in [-0.05, 0) is 25.3 Å². The van der Waals surface area contributed by atoms with Gasteiger partial charge in [-0.3, -0.25) is 0 Å². The van der Waals surface area contributed by atoms with E-state index in [0.717, 1.165) is 22.7 Å². The molecule has 2 atom stereocenters. The first-order valence-electron chi connectivity index (χ1n) is 8.26. The highest BCUT2D eigenvalue weighted by Gasteiger charge is 2.17. The molecule has 0 fully saturated rings. The summed E-state index contributed by atoms with van der Waals surface area (Å²) in [5, 5.41) is 18.1. The van der Waals surface area contributed by atoms with Crippen molar-refractivity contribution in [2.45, 2.75) is 38.6 Å². The molecule has 24 heavy (non-hydrogen) atoms. The number of amides is 2. The minimum absolute atomic E-state index is 0.0725. The molecule has 0 saturated heterocycles. The maximum Gasteiger partial charge on any atom is 0.315 e. The van der Waals surface area contributed by atoms with Gasteiger partial charge in [-0.15, -0.1) is 11.3 Å². The van der Waals surface area contributed by atoms with Crippen molar-refractivity contribution >= 4 is 17.4 Å². The van der Waals surface area contributed by atoms with Gasteiger partial charge in [0.15, 0.2) is 0 Å². The van der Waals surface area contributed by atoms with Crippen molar-refractivity contribution < 1.29 is 9.90 Å². The minimum Gasteiger partial charge on any atom is -0.396 e. The third kappa shape index (κ3) is 5.32. The Morgan fingerprint density at radius 2 is 2.08 bits per heavy atom. The smallest absolute Gasteiger partial charge is 0.315 e. The summed E-state index contributed by atoms with van der Waals surface area (Å²) in [4.78, 5) is 16.7. The Morgan fingerprint density at radius 3 is 2.67 bits per heavy atom. The molecule has 1 aromatic carbocycles. The fourth-order valence-corrected chi connectivity index (χ4v) is 3.49. The highest BCUT2D eigenvalue weighted by Crippen LogP contribution is 2.21. The summed E-state index contributed by atoms with van der Waals surface area (Å²) in [6.07, 6.45) is 1.41. The maximum atomic E-state index is 12.2. The first-order valence-corrected chi connectivity index (χ1v) is 9.14. The molecule has 2 rings (SSSR count). The molecule has 2 unspecified atom stereocenters. The van der Waals surface area contributed by atoms with Crippen LogP contribution in [0.4, 0.5) is 4.79 Å². The van der Waals surface area contributed by atoms with Crippen molar-refractivity contribution in [3.8, 4) is 0 Å². The minimum atomic E-state index is -0.200. The quantitative estimate of drug-likeness (QED) is 0.685. The number of thiazole rings is 1. The number of urea groups is 1. The second-order valence-corrected chi connectivity index (χ2v) is 6.65. The van der Waals surface area contributed by atoms with E-state index >= 15 is 0 Å². The standard InChI is InChI=1S/C18H25N3O2S/c1-3-16(17-20-13(2)12-24-17)21-18(23)19-11-15(9-10-22)14-7-5-4-6-8-14/h4-8,12,15-16,22H,3,9-11H2,1-2H3,(H2,19,21,23). The number of carbonyl (C=O) groups is 1. The van der Waals surface area contributed by atoms with Gasteiger partial charge in [-0.1, -0.05) is 37.3 Å². The molecule has 130 valence electrons. The van der Waals surface area contributed by atoms with Crippen LogP contribution in [-0.4, -0.2) is 29.3 Å². The van der Waals surface area contributed by atoms with Gasteiger partial charge < -0.3 is 15.7 Å². The van der Waals surface area contributed by atoms with Gasteiger partial charge in [-0.2, -0.15) is 0 Å². The van der Waals surface area contributed by atoms with E-state index in [2.05, 4.69) is 15.6 Å². The summed E-state index contributed by atoms with van der Waals surface area (Å²) in [6, 6.07) is 9.67. The molecule has 0 bridgehead atoms. The van der Waals surface area contributed by atoms with Gasteiger partial charge >= 0.3 is 6.03 Å². The average Bonchev–Trinajstić information content (AvgIpc) is 3.03. The van der Waals surface area contributed by atoms with Gasteiger partial charge in [0.1, 0.15) is 5.01 Å². The summed E-state index contributed by atoms with van der Waals surface area (Å²) in [5.74, 6) is 0.101. The molecule has 2 aromatic rings. The summed E-state index contributed by atoms with van der Waals surface area (Å²) in [6.45, 7) is 4.56. The predicted molar refractivity (Wildman–Crippen MR) is 97.3 cm³/mol. The number of aryl methyl sites for hydroxylation is 1. The van der Waals surface area contributed by atoms with E-state index in [1.807, 2.05) is 49.6 Å². The monoisotopic (exact) mass is 347 g/mol. The Morgan fingerprint density at radius 1 is 1.33 bits per heavy atom. The van der Waals surface area contributed by atoms with Gasteiger partial charge in [0.2, 0.25) is 0 Å². The van der Waals surface area contributed by atoms with E-state index < -0.39 is 0 Å². The first-order chi connectivity index (χ1) is 11.6. The van der Waals surface area contributed by atoms with Crippen molar-refractivity contribution in [2.24, 2.45) is 0 Å². The number of nitrogens with one attached hydrogen (secondary N) is 2. The Hall–Kier alpha value is -1.92. The predicted octanol–water partition coefficient (Wildman–Crippen LogP) is 3.37. The second kappa shape index (κ2) is 9.39. The van der Waals surface area contributed by atoms with Crippen LogP contribution in [0.5, 0.6) is 0 Å². The third-order valence-corrected chi connectivity index (χ3v) is 4.98. The van der Waals surface area contributed by atoms with Crippen molar-refractivity contribution in [1.82, 2.24) is 15.6 Å². The maximum absolute atomic E-state index is 12.2. The SMILES string of the molecule is CCC(NC(=O)NCC(CCO)c1ccccc1)c1nc(C)cs1. The average molecular weight is 347 g/mol. The van der Waals surface area contributed by atoms with Crippen LogP contribution in [0, 0.1) is 6.92 Å². The topological polar surface area (TPSA) is 74.2 Å². The number of hydrogen-bond acceptors (Lipinski definition) is 4. The lowest BCUT2D eigenvalue weighted by Crippen LogP contribution is -2.39. The summed E-state index contributed by atoms with van der Waals surface area (Å²) in [5.41, 5.74) is 2.09. The van der Waals surface area contributed by atoms with E-state index in [4.69, 9.17) is 0 Å². The van der Waals surface area contributed by atoms with E-state index in [-0.39, 0.29) is 24.6 Å². The number of benzene rings is 1. The number of hydrogen-bond donors (Lipinski definition) is 3. The van der Waals surface area contributed by atoms with Crippen molar-refractivity contribution in [2.75, 3.05) is 13.2 Å². The number of carbonyl (C=O) groups excluding carboxylic acids is 1. The highest BCUT2D eigenvalue weighted by molar-refractivity contribution is 7.09. The van der Waals surface area contributed by atoms with Gasteiger partial charge in [0, 0.05) is 30.1 Å². The van der Waals surface area contributed by atoms with Crippen LogP contribution in [0.1, 0.15) is 48.0 Å². The Balaban J connectivity index is 1.90. The summed E-state index contributed by atoms with van der Waals surface area (Å²) < 4.78 is 0. The number of aliphatic hydroxyl groups excluding tert-OH is 1. The largest absolute Gasteiger partial charge is 0.396 e. The van der Waals surface area contributed by atoms with Crippen molar-refractivity contribution in [1.29, 1.82) is 0 Å². The Bertz CT molecular complexity index is 630. The molecule has 0 spiro atoms. The van der Waals surface area contributed by atoms with Crippen LogP contribution in [0.25, 0.3) is 0 Å². The molecule has 0 aliphatic rings. The van der Waals surface area contributed by atoms with Crippen LogP contribution in [0.15, 0.2) is 35.7 Å². The lowest BCUT2D eigenvalue weighted by molar-refractivity contribution is 0.233. The summed E-state index contributed by atoms with van der Waals surface area (Å²) in [7, 11) is 0. The first kappa shape index (κ1) is 18.4. The molecule has 1 aromatic heterocycles. The fourth-order valence-electron chi connectivity index (χ4n) is 2.56. The second-order valence-electron chi connectivity index (χ2n) is 5.76. The zero-order valence-electron chi connectivity index (χ0n) is 14.2. The highest BCUT2D eigenvalue weighted by atomic mass is 32.1. The van der Waals surface area contributed by atoms with E-state index in [1.54, 1.807) is 11.3 Å². The lowest BCUT2D eigenvalue weighted by atomic mass is 9.96. The number of nitrogens with zero attached hydrogens (tertiary/aromatic N) is 1. The van der Waals surface area contributed by atoms with E-state index in [0.29, 0.717) is 13.0 Å². The van der Waals surface area contributed by atoms with E-state index in [1.165, 1.54) is 0 Å². The van der Waals surface area contributed by atoms with Crippen LogP contribution in [0.2, 0.25) is 0 Å². The van der Waals surface area contributed by atoms with Gasteiger partial charge in [-0.25, -0.2) is 9.78 Å². The Labute approximate surface area is 147 Å². The molecular formula is C18H25N3O2S. The van der Waals surface area contributed by atoms with Crippen LogP contribution < -0.4 is 10.6 Å². The van der Waals surface area contributed by atoms with E-state index in [9.17, 15) is 9.90 Å². The molecule has 6 heteroatoms. The zero-order valence-corrected chi connectivity index (χ0v) is 15.0. The molecule has 0 radical (unpaired) electrons. The molecule has 0 aliphatic carbocycles. The molecule has 2 amide bonds. The van der Waals surface area contributed by atoms with Crippen LogP contribution in [-0.2, 0) is 0 Å². The molecule has 3 N–H and O–H groups in total. The molecule has 0 saturated carbocycles. The Kier molecular flexibility index (Phi) is 7.21. The van der Waals surface area contributed by atoms with Crippen LogP contribution >= 0.6 is 11.3 Å². The molecule has 0 aliphatic heterocycles. The third-order valence-electron chi connectivity index (χ3n) is 3.91. The summed E-state index contributed by atoms with van der Waals surface area (Å²) >= 11 is 1.57. The molecule has 1 heterocycles. The molecule has 5 nitrogen and oxygen atoms in total. The van der Waals surface area contributed by atoms with Gasteiger partial charge in [0.05, 0.1) is 6.04 Å². The number of aliphatic hydroxyl groups is 1. The van der Waals surface area contributed by atoms with Crippen molar-refractivity contribution in [3.63, 3.8) is 0 Å². The van der Waals surface area contributed by atoms with Crippen LogP contribution in [0.3, 0.4) is 0 Å².